The quantitative estimate of drug-likeness (QED) is 0.861. The predicted octanol–water partition coefficient (Wildman–Crippen LogP) is 1.53. The zero-order valence-corrected chi connectivity index (χ0v) is 13.4. The van der Waals surface area contributed by atoms with Crippen LogP contribution in [0.1, 0.15) is 25.8 Å². The average molecular weight is 303 g/mol. The van der Waals surface area contributed by atoms with Gasteiger partial charge in [0.25, 0.3) is 0 Å². The summed E-state index contributed by atoms with van der Waals surface area (Å²) in [5, 5.41) is 0. The number of nitrogen functional groups attached to an aromatic ring is 1. The molecule has 2 amide bonds. The van der Waals surface area contributed by atoms with Crippen LogP contribution in [-0.2, 0) is 16.0 Å². The first kappa shape index (κ1) is 16.3. The van der Waals surface area contributed by atoms with Crippen molar-refractivity contribution >= 4 is 17.5 Å². The van der Waals surface area contributed by atoms with E-state index in [4.69, 9.17) is 5.73 Å². The van der Waals surface area contributed by atoms with E-state index >= 15 is 0 Å². The molecule has 2 rings (SSSR count). The first-order valence-corrected chi connectivity index (χ1v) is 7.88. The maximum Gasteiger partial charge on any atom is 0.227 e. The number of rotatable bonds is 3. The minimum Gasteiger partial charge on any atom is -0.399 e. The topological polar surface area (TPSA) is 66.6 Å². The van der Waals surface area contributed by atoms with Crippen molar-refractivity contribution in [2.75, 3.05) is 31.9 Å². The van der Waals surface area contributed by atoms with E-state index < -0.39 is 0 Å². The van der Waals surface area contributed by atoms with Gasteiger partial charge in [0.05, 0.1) is 6.42 Å². The molecule has 0 bridgehead atoms. The van der Waals surface area contributed by atoms with Gasteiger partial charge < -0.3 is 15.5 Å². The summed E-state index contributed by atoms with van der Waals surface area (Å²) in [6, 6.07) is 7.40. The van der Waals surface area contributed by atoms with E-state index in [0.717, 1.165) is 25.1 Å². The number of benzene rings is 1. The molecule has 1 aliphatic rings. The summed E-state index contributed by atoms with van der Waals surface area (Å²) in [4.78, 5) is 28.2. The molecule has 1 heterocycles. The Morgan fingerprint density at radius 3 is 2.27 bits per heavy atom. The SMILES string of the molecule is CC(C)C(=O)N1CCCN(C(=O)Cc2ccc(N)cc2)CC1. The third kappa shape index (κ3) is 4.23. The molecule has 1 fully saturated rings. The maximum atomic E-state index is 12.4. The van der Waals surface area contributed by atoms with Crippen LogP contribution in [0.3, 0.4) is 0 Å². The molecule has 0 aromatic heterocycles. The van der Waals surface area contributed by atoms with Gasteiger partial charge in [0.15, 0.2) is 0 Å². The average Bonchev–Trinajstić information content (AvgIpc) is 2.74. The maximum absolute atomic E-state index is 12.4. The van der Waals surface area contributed by atoms with E-state index in [9.17, 15) is 9.59 Å². The Balaban J connectivity index is 1.91. The standard InChI is InChI=1S/C17H25N3O2/c1-13(2)17(22)20-9-3-8-19(10-11-20)16(21)12-14-4-6-15(18)7-5-14/h4-7,13H,3,8-12,18H2,1-2H3. The number of carbonyl (C=O) groups is 2. The zero-order chi connectivity index (χ0) is 16.1. The van der Waals surface area contributed by atoms with Gasteiger partial charge in [-0.25, -0.2) is 0 Å². The van der Waals surface area contributed by atoms with E-state index in [2.05, 4.69) is 0 Å². The predicted molar refractivity (Wildman–Crippen MR) is 87.2 cm³/mol. The van der Waals surface area contributed by atoms with E-state index in [1.165, 1.54) is 0 Å². The van der Waals surface area contributed by atoms with Gasteiger partial charge in [-0.05, 0) is 24.1 Å². The highest BCUT2D eigenvalue weighted by molar-refractivity contribution is 5.80. The van der Waals surface area contributed by atoms with E-state index in [1.54, 1.807) is 0 Å². The molecule has 0 spiro atoms. The fraction of sp³-hybridized carbons (Fsp3) is 0.529. The summed E-state index contributed by atoms with van der Waals surface area (Å²) in [7, 11) is 0. The number of carbonyl (C=O) groups excluding carboxylic acids is 2. The van der Waals surface area contributed by atoms with Crippen molar-refractivity contribution in [2.24, 2.45) is 5.92 Å². The number of amides is 2. The summed E-state index contributed by atoms with van der Waals surface area (Å²) in [5.41, 5.74) is 7.33. The van der Waals surface area contributed by atoms with Gasteiger partial charge >= 0.3 is 0 Å². The van der Waals surface area contributed by atoms with Crippen LogP contribution in [0, 0.1) is 5.92 Å². The van der Waals surface area contributed by atoms with Crippen LogP contribution in [0.2, 0.25) is 0 Å². The second-order valence-corrected chi connectivity index (χ2v) is 6.13. The second-order valence-electron chi connectivity index (χ2n) is 6.13. The molecule has 1 aromatic carbocycles. The molecular weight excluding hydrogens is 278 g/mol. The fourth-order valence-corrected chi connectivity index (χ4v) is 2.67. The number of nitrogens with zero attached hydrogens (tertiary/aromatic N) is 2. The molecule has 0 radical (unpaired) electrons. The molecule has 5 nitrogen and oxygen atoms in total. The van der Waals surface area contributed by atoms with Crippen LogP contribution in [0.15, 0.2) is 24.3 Å². The van der Waals surface area contributed by atoms with Crippen molar-refractivity contribution in [1.29, 1.82) is 0 Å². The molecule has 0 unspecified atom stereocenters. The van der Waals surface area contributed by atoms with E-state index in [1.807, 2.05) is 47.9 Å². The van der Waals surface area contributed by atoms with Crippen molar-refractivity contribution < 1.29 is 9.59 Å². The van der Waals surface area contributed by atoms with Crippen LogP contribution in [0.25, 0.3) is 0 Å². The van der Waals surface area contributed by atoms with Crippen LogP contribution in [0.5, 0.6) is 0 Å². The minimum atomic E-state index is 0.0111. The molecule has 2 N–H and O–H groups in total. The van der Waals surface area contributed by atoms with E-state index in [-0.39, 0.29) is 17.7 Å². The van der Waals surface area contributed by atoms with Gasteiger partial charge in [0.1, 0.15) is 0 Å². The van der Waals surface area contributed by atoms with Crippen molar-refractivity contribution in [1.82, 2.24) is 9.80 Å². The lowest BCUT2D eigenvalue weighted by molar-refractivity contribution is -0.135. The summed E-state index contributed by atoms with van der Waals surface area (Å²) >= 11 is 0. The molecule has 5 heteroatoms. The van der Waals surface area contributed by atoms with Crippen LogP contribution < -0.4 is 5.73 Å². The highest BCUT2D eigenvalue weighted by atomic mass is 16.2. The number of hydrogen-bond acceptors (Lipinski definition) is 3. The molecule has 0 aliphatic carbocycles. The van der Waals surface area contributed by atoms with Crippen molar-refractivity contribution in [3.05, 3.63) is 29.8 Å². The Kier molecular flexibility index (Phi) is 5.41. The summed E-state index contributed by atoms with van der Waals surface area (Å²) in [6.45, 7) is 6.53. The Morgan fingerprint density at radius 1 is 1.05 bits per heavy atom. The molecule has 0 saturated carbocycles. The summed E-state index contributed by atoms with van der Waals surface area (Å²) in [5.74, 6) is 0.300. The lowest BCUT2D eigenvalue weighted by Gasteiger charge is -2.23. The number of anilines is 1. The molecule has 1 aromatic rings. The second kappa shape index (κ2) is 7.29. The molecule has 1 saturated heterocycles. The molecule has 120 valence electrons. The summed E-state index contributed by atoms with van der Waals surface area (Å²) in [6.07, 6.45) is 1.23. The Labute approximate surface area is 132 Å². The Hall–Kier alpha value is -2.04. The Morgan fingerprint density at radius 2 is 1.64 bits per heavy atom. The number of nitrogens with two attached hydrogens (primary N) is 1. The molecular formula is C17H25N3O2. The van der Waals surface area contributed by atoms with Gasteiger partial charge in [-0.15, -0.1) is 0 Å². The molecule has 1 aliphatic heterocycles. The fourth-order valence-electron chi connectivity index (χ4n) is 2.67. The van der Waals surface area contributed by atoms with Crippen LogP contribution >= 0.6 is 0 Å². The van der Waals surface area contributed by atoms with Crippen molar-refractivity contribution in [2.45, 2.75) is 26.7 Å². The monoisotopic (exact) mass is 303 g/mol. The largest absolute Gasteiger partial charge is 0.399 e. The van der Waals surface area contributed by atoms with Gasteiger partial charge in [0, 0.05) is 37.8 Å². The van der Waals surface area contributed by atoms with Gasteiger partial charge in [0.2, 0.25) is 11.8 Å². The molecule has 0 atom stereocenters. The van der Waals surface area contributed by atoms with Crippen molar-refractivity contribution in [3.63, 3.8) is 0 Å². The van der Waals surface area contributed by atoms with Gasteiger partial charge in [-0.3, -0.25) is 9.59 Å². The van der Waals surface area contributed by atoms with Gasteiger partial charge in [-0.2, -0.15) is 0 Å². The molecule has 22 heavy (non-hydrogen) atoms. The smallest absolute Gasteiger partial charge is 0.227 e. The lowest BCUT2D eigenvalue weighted by atomic mass is 10.1. The first-order chi connectivity index (χ1) is 10.5. The van der Waals surface area contributed by atoms with Gasteiger partial charge in [-0.1, -0.05) is 26.0 Å². The van der Waals surface area contributed by atoms with Crippen LogP contribution in [0.4, 0.5) is 5.69 Å². The highest BCUT2D eigenvalue weighted by Crippen LogP contribution is 2.11. The highest BCUT2D eigenvalue weighted by Gasteiger charge is 2.23. The minimum absolute atomic E-state index is 0.0111. The normalized spacial score (nSPS) is 15.8. The third-order valence-electron chi connectivity index (χ3n) is 3.99. The Bertz CT molecular complexity index is 525. The van der Waals surface area contributed by atoms with E-state index in [0.29, 0.717) is 25.2 Å². The first-order valence-electron chi connectivity index (χ1n) is 7.88. The van der Waals surface area contributed by atoms with Crippen molar-refractivity contribution in [3.8, 4) is 0 Å². The zero-order valence-electron chi connectivity index (χ0n) is 13.4. The van der Waals surface area contributed by atoms with Crippen LogP contribution in [-0.4, -0.2) is 47.8 Å². The third-order valence-corrected chi connectivity index (χ3v) is 3.99. The summed E-state index contributed by atoms with van der Waals surface area (Å²) < 4.78 is 0. The lowest BCUT2D eigenvalue weighted by Crippen LogP contribution is -2.39. The number of hydrogen-bond donors (Lipinski definition) is 1.